The van der Waals surface area contributed by atoms with Gasteiger partial charge >= 0.3 is 0 Å². The molecule has 5 nitrogen and oxygen atoms in total. The minimum atomic E-state index is -0.257. The fourth-order valence-corrected chi connectivity index (χ4v) is 2.52. The minimum absolute atomic E-state index is 0.0650. The summed E-state index contributed by atoms with van der Waals surface area (Å²) in [6.45, 7) is 7.98. The third kappa shape index (κ3) is 5.35. The average Bonchev–Trinajstić information content (AvgIpc) is 2.63. The van der Waals surface area contributed by atoms with Crippen LogP contribution in [0.5, 0.6) is 0 Å². The number of hydrogen-bond donors (Lipinski definition) is 2. The van der Waals surface area contributed by atoms with Gasteiger partial charge in [-0.05, 0) is 57.2 Å². The SMILES string of the molecule is CCN(CC)c1ccc(NC(=O)CNC(=O)c2ccc(C)cc2)cc1. The van der Waals surface area contributed by atoms with Crippen molar-refractivity contribution in [3.05, 3.63) is 59.7 Å². The molecule has 5 heteroatoms. The zero-order valence-electron chi connectivity index (χ0n) is 15.0. The van der Waals surface area contributed by atoms with Crippen LogP contribution >= 0.6 is 0 Å². The Balaban J connectivity index is 1.85. The van der Waals surface area contributed by atoms with E-state index in [1.165, 1.54) is 0 Å². The lowest BCUT2D eigenvalue weighted by Gasteiger charge is -2.21. The first-order valence-corrected chi connectivity index (χ1v) is 8.53. The zero-order valence-corrected chi connectivity index (χ0v) is 15.0. The number of rotatable bonds is 7. The van der Waals surface area contributed by atoms with Crippen LogP contribution in [-0.2, 0) is 4.79 Å². The Hall–Kier alpha value is -2.82. The summed E-state index contributed by atoms with van der Waals surface area (Å²) < 4.78 is 0. The smallest absolute Gasteiger partial charge is 0.251 e. The second-order valence-corrected chi connectivity index (χ2v) is 5.82. The molecule has 0 aliphatic rings. The van der Waals surface area contributed by atoms with Gasteiger partial charge in [0.25, 0.3) is 5.91 Å². The molecule has 0 atom stereocenters. The van der Waals surface area contributed by atoms with E-state index < -0.39 is 0 Å². The third-order valence-corrected chi connectivity index (χ3v) is 4.00. The number of carbonyl (C=O) groups excluding carboxylic acids is 2. The molecule has 2 aromatic carbocycles. The lowest BCUT2D eigenvalue weighted by molar-refractivity contribution is -0.115. The molecular formula is C20H25N3O2. The van der Waals surface area contributed by atoms with Crippen molar-refractivity contribution in [2.24, 2.45) is 0 Å². The molecule has 2 N–H and O–H groups in total. The minimum Gasteiger partial charge on any atom is -0.372 e. The summed E-state index contributed by atoms with van der Waals surface area (Å²) in [5.41, 5.74) is 3.46. The van der Waals surface area contributed by atoms with Gasteiger partial charge in [-0.15, -0.1) is 0 Å². The molecule has 0 radical (unpaired) electrons. The number of nitrogens with one attached hydrogen (secondary N) is 2. The zero-order chi connectivity index (χ0) is 18.2. The van der Waals surface area contributed by atoms with Gasteiger partial charge in [-0.25, -0.2) is 0 Å². The molecule has 0 spiro atoms. The number of benzene rings is 2. The fraction of sp³-hybridized carbons (Fsp3) is 0.300. The van der Waals surface area contributed by atoms with Gasteiger partial charge in [-0.2, -0.15) is 0 Å². The predicted octanol–water partition coefficient (Wildman–Crippen LogP) is 3.21. The first-order chi connectivity index (χ1) is 12.0. The molecule has 0 saturated carbocycles. The maximum Gasteiger partial charge on any atom is 0.251 e. The third-order valence-electron chi connectivity index (χ3n) is 4.00. The van der Waals surface area contributed by atoms with E-state index in [-0.39, 0.29) is 18.4 Å². The van der Waals surface area contributed by atoms with E-state index in [1.54, 1.807) is 12.1 Å². The van der Waals surface area contributed by atoms with Gasteiger partial charge in [-0.3, -0.25) is 9.59 Å². The average molecular weight is 339 g/mol. The number of amides is 2. The van der Waals surface area contributed by atoms with Crippen molar-refractivity contribution in [2.45, 2.75) is 20.8 Å². The van der Waals surface area contributed by atoms with Gasteiger partial charge in [0.05, 0.1) is 6.54 Å². The molecule has 25 heavy (non-hydrogen) atoms. The quantitative estimate of drug-likeness (QED) is 0.814. The van der Waals surface area contributed by atoms with E-state index in [0.717, 1.165) is 24.3 Å². The summed E-state index contributed by atoms with van der Waals surface area (Å²) in [4.78, 5) is 26.2. The summed E-state index contributed by atoms with van der Waals surface area (Å²) in [5, 5.41) is 5.41. The standard InChI is InChI=1S/C20H25N3O2/c1-4-23(5-2)18-12-10-17(11-13-18)22-19(24)14-21-20(25)16-8-6-15(3)7-9-16/h6-13H,4-5,14H2,1-3H3,(H,21,25)(H,22,24). The van der Waals surface area contributed by atoms with Crippen molar-refractivity contribution in [1.29, 1.82) is 0 Å². The van der Waals surface area contributed by atoms with Crippen LogP contribution in [0.4, 0.5) is 11.4 Å². The van der Waals surface area contributed by atoms with Gasteiger partial charge in [0.1, 0.15) is 0 Å². The maximum atomic E-state index is 12.0. The van der Waals surface area contributed by atoms with Crippen LogP contribution < -0.4 is 15.5 Å². The van der Waals surface area contributed by atoms with Crippen LogP contribution in [-0.4, -0.2) is 31.4 Å². The summed E-state index contributed by atoms with van der Waals surface area (Å²) in [6, 6.07) is 14.9. The number of aryl methyl sites for hydroxylation is 1. The Labute approximate surface area is 149 Å². The van der Waals surface area contributed by atoms with Gasteiger partial charge < -0.3 is 15.5 Å². The van der Waals surface area contributed by atoms with Crippen molar-refractivity contribution < 1.29 is 9.59 Å². The van der Waals surface area contributed by atoms with Gasteiger partial charge in [0.2, 0.25) is 5.91 Å². The lowest BCUT2D eigenvalue weighted by Crippen LogP contribution is -2.32. The van der Waals surface area contributed by atoms with Gasteiger partial charge in [0.15, 0.2) is 0 Å². The molecule has 0 heterocycles. The first kappa shape index (κ1) is 18.5. The van der Waals surface area contributed by atoms with Crippen LogP contribution in [0.1, 0.15) is 29.8 Å². The molecule has 2 rings (SSSR count). The second-order valence-electron chi connectivity index (χ2n) is 5.82. The molecule has 0 aliphatic heterocycles. The Morgan fingerprint density at radius 3 is 2.08 bits per heavy atom. The van der Waals surface area contributed by atoms with Crippen LogP contribution in [0.25, 0.3) is 0 Å². The van der Waals surface area contributed by atoms with E-state index in [1.807, 2.05) is 43.3 Å². The lowest BCUT2D eigenvalue weighted by atomic mass is 10.1. The maximum absolute atomic E-state index is 12.0. The second kappa shape index (κ2) is 8.87. The van der Waals surface area contributed by atoms with Crippen molar-refractivity contribution in [3.8, 4) is 0 Å². The highest BCUT2D eigenvalue weighted by Crippen LogP contribution is 2.17. The normalized spacial score (nSPS) is 10.2. The summed E-state index contributed by atoms with van der Waals surface area (Å²) in [6.07, 6.45) is 0. The van der Waals surface area contributed by atoms with E-state index in [4.69, 9.17) is 0 Å². The number of nitrogens with zero attached hydrogens (tertiary/aromatic N) is 1. The monoisotopic (exact) mass is 339 g/mol. The van der Waals surface area contributed by atoms with Gasteiger partial charge in [-0.1, -0.05) is 17.7 Å². The molecule has 0 unspecified atom stereocenters. The molecule has 0 bridgehead atoms. The van der Waals surface area contributed by atoms with Crippen molar-refractivity contribution in [1.82, 2.24) is 5.32 Å². The van der Waals surface area contributed by atoms with Crippen molar-refractivity contribution >= 4 is 23.2 Å². The summed E-state index contributed by atoms with van der Waals surface area (Å²) >= 11 is 0. The molecular weight excluding hydrogens is 314 g/mol. The Bertz CT molecular complexity index is 705. The van der Waals surface area contributed by atoms with Crippen molar-refractivity contribution in [2.75, 3.05) is 29.9 Å². The predicted molar refractivity (Wildman–Crippen MR) is 102 cm³/mol. The Kier molecular flexibility index (Phi) is 6.57. The van der Waals surface area contributed by atoms with Crippen LogP contribution in [0.2, 0.25) is 0 Å². The molecule has 0 aliphatic carbocycles. The number of hydrogen-bond acceptors (Lipinski definition) is 3. The summed E-state index contributed by atoms with van der Waals surface area (Å²) in [7, 11) is 0. The highest BCUT2D eigenvalue weighted by molar-refractivity contribution is 5.99. The van der Waals surface area contributed by atoms with E-state index in [2.05, 4.69) is 29.4 Å². The Morgan fingerprint density at radius 1 is 0.920 bits per heavy atom. The summed E-state index contributed by atoms with van der Waals surface area (Å²) in [5.74, 6) is -0.511. The van der Waals surface area contributed by atoms with Crippen molar-refractivity contribution in [3.63, 3.8) is 0 Å². The van der Waals surface area contributed by atoms with E-state index >= 15 is 0 Å². The molecule has 0 fully saturated rings. The van der Waals surface area contributed by atoms with Crippen LogP contribution in [0.15, 0.2) is 48.5 Å². The largest absolute Gasteiger partial charge is 0.372 e. The highest BCUT2D eigenvalue weighted by Gasteiger charge is 2.08. The van der Waals surface area contributed by atoms with Crippen LogP contribution in [0, 0.1) is 6.92 Å². The fourth-order valence-electron chi connectivity index (χ4n) is 2.52. The number of anilines is 2. The topological polar surface area (TPSA) is 61.4 Å². The molecule has 132 valence electrons. The molecule has 2 aromatic rings. The van der Waals surface area contributed by atoms with E-state index in [9.17, 15) is 9.59 Å². The first-order valence-electron chi connectivity index (χ1n) is 8.53. The molecule has 2 amide bonds. The van der Waals surface area contributed by atoms with Crippen LogP contribution in [0.3, 0.4) is 0 Å². The molecule has 0 saturated heterocycles. The molecule has 0 aromatic heterocycles. The Morgan fingerprint density at radius 2 is 1.52 bits per heavy atom. The van der Waals surface area contributed by atoms with E-state index in [0.29, 0.717) is 11.3 Å². The van der Waals surface area contributed by atoms with Gasteiger partial charge in [0, 0.05) is 30.0 Å². The highest BCUT2D eigenvalue weighted by atomic mass is 16.2. The number of carbonyl (C=O) groups is 2.